The van der Waals surface area contributed by atoms with E-state index in [1.54, 1.807) is 0 Å². The Morgan fingerprint density at radius 1 is 0.459 bits per heavy atom. The molecule has 0 saturated carbocycles. The summed E-state index contributed by atoms with van der Waals surface area (Å²) in [5, 5.41) is 72.3. The van der Waals surface area contributed by atoms with Crippen molar-refractivity contribution >= 4 is 5.97 Å². The van der Waals surface area contributed by atoms with E-state index >= 15 is 0 Å². The van der Waals surface area contributed by atoms with Crippen molar-refractivity contribution in [1.82, 2.24) is 0 Å². The molecule has 0 aromatic heterocycles. The minimum Gasteiger partial charge on any atom is -0.457 e. The lowest BCUT2D eigenvalue weighted by atomic mass is 9.98. The smallest absolute Gasteiger partial charge is 0.306 e. The molecule has 0 aromatic carbocycles. The van der Waals surface area contributed by atoms with Crippen LogP contribution in [-0.2, 0) is 33.2 Å². The number of hydrogen-bond donors (Lipinski definition) is 7. The van der Waals surface area contributed by atoms with Crippen LogP contribution >= 0.6 is 0 Å². The van der Waals surface area contributed by atoms with Crippen LogP contribution in [0.1, 0.15) is 187 Å². The van der Waals surface area contributed by atoms with Crippen LogP contribution < -0.4 is 0 Å². The Morgan fingerprint density at radius 2 is 0.878 bits per heavy atom. The van der Waals surface area contributed by atoms with E-state index in [2.05, 4.69) is 98.9 Å². The average Bonchev–Trinajstić information content (AvgIpc) is 3.40. The summed E-state index contributed by atoms with van der Waals surface area (Å²) in [6, 6.07) is 0. The minimum absolute atomic E-state index is 0.0452. The summed E-state index contributed by atoms with van der Waals surface area (Å²) >= 11 is 0. The van der Waals surface area contributed by atoms with Gasteiger partial charge in [-0.15, -0.1) is 0 Å². The number of unbranched alkanes of at least 4 members (excludes halogenated alkanes) is 17. The van der Waals surface area contributed by atoms with Crippen molar-refractivity contribution in [3.63, 3.8) is 0 Å². The van der Waals surface area contributed by atoms with Crippen LogP contribution in [0.2, 0.25) is 0 Å². The van der Waals surface area contributed by atoms with Crippen molar-refractivity contribution in [3.05, 3.63) is 85.1 Å². The molecule has 2 rings (SSSR count). The molecule has 11 unspecified atom stereocenters. The van der Waals surface area contributed by atoms with Crippen LogP contribution in [0.5, 0.6) is 0 Å². The van der Waals surface area contributed by atoms with Crippen molar-refractivity contribution in [1.29, 1.82) is 0 Å². The Labute approximate surface area is 446 Å². The first-order valence-corrected chi connectivity index (χ1v) is 28.7. The molecule has 0 aliphatic carbocycles. The molecule has 14 heteroatoms. The topological polar surface area (TPSA) is 214 Å². The van der Waals surface area contributed by atoms with E-state index in [4.69, 9.17) is 28.4 Å². The first kappa shape index (κ1) is 67.3. The maximum Gasteiger partial charge on any atom is 0.306 e. The van der Waals surface area contributed by atoms with E-state index in [0.717, 1.165) is 83.5 Å². The Bertz CT molecular complexity index is 1540. The molecule has 2 fully saturated rings. The largest absolute Gasteiger partial charge is 0.457 e. The highest BCUT2D eigenvalue weighted by Gasteiger charge is 2.47. The molecule has 0 bridgehead atoms. The molecule has 2 aliphatic rings. The van der Waals surface area contributed by atoms with Gasteiger partial charge in [0.1, 0.15) is 54.9 Å². The van der Waals surface area contributed by atoms with Crippen molar-refractivity contribution in [3.8, 4) is 0 Å². The zero-order valence-electron chi connectivity index (χ0n) is 45.5. The molecule has 0 spiro atoms. The van der Waals surface area contributed by atoms with Crippen molar-refractivity contribution < 1.29 is 69.0 Å². The summed E-state index contributed by atoms with van der Waals surface area (Å²) in [7, 11) is 0. The number of aliphatic hydroxyl groups excluding tert-OH is 7. The molecule has 0 radical (unpaired) electrons. The number of esters is 1. The van der Waals surface area contributed by atoms with Gasteiger partial charge in [-0.2, -0.15) is 0 Å². The monoisotopic (exact) mass is 1050 g/mol. The van der Waals surface area contributed by atoms with Crippen molar-refractivity contribution in [2.45, 2.75) is 255 Å². The van der Waals surface area contributed by atoms with E-state index in [1.807, 2.05) is 0 Å². The molecule has 74 heavy (non-hydrogen) atoms. The van der Waals surface area contributed by atoms with Gasteiger partial charge < -0.3 is 64.2 Å². The zero-order chi connectivity index (χ0) is 53.7. The quantitative estimate of drug-likeness (QED) is 0.0172. The highest BCUT2D eigenvalue weighted by molar-refractivity contribution is 5.69. The second kappa shape index (κ2) is 46.3. The summed E-state index contributed by atoms with van der Waals surface area (Å²) in [4.78, 5) is 13.1. The van der Waals surface area contributed by atoms with Crippen molar-refractivity contribution in [2.75, 3.05) is 33.0 Å². The van der Waals surface area contributed by atoms with Gasteiger partial charge in [-0.1, -0.05) is 195 Å². The third-order valence-corrected chi connectivity index (χ3v) is 13.2. The summed E-state index contributed by atoms with van der Waals surface area (Å²) in [6.45, 7) is 3.53. The third-order valence-electron chi connectivity index (χ3n) is 13.2. The summed E-state index contributed by atoms with van der Waals surface area (Å²) in [5.41, 5.74) is 0. The molecule has 7 N–H and O–H groups in total. The van der Waals surface area contributed by atoms with Crippen LogP contribution in [-0.4, -0.2) is 142 Å². The molecule has 0 amide bonds. The number of ether oxygens (including phenoxy) is 6. The molecule has 0 aromatic rings. The number of aliphatic hydroxyl groups is 7. The molecule has 11 atom stereocenters. The Hall–Kier alpha value is -2.83. The minimum atomic E-state index is -1.72. The third kappa shape index (κ3) is 32.7. The fourth-order valence-electron chi connectivity index (χ4n) is 8.56. The number of allylic oxidation sites excluding steroid dienone is 14. The SMILES string of the molecule is CC/C=C\C/C=C\C/C=C\C/C=C\C/C=C\C/C=C\C/C=C\CCCCCC(=O)OC(COCCCCCCCCCCCCCCCCC)COC1OC(COC2OC(CO)C(O)C(O)C2O)C(O)C(O)C1O. The Morgan fingerprint density at radius 3 is 1.36 bits per heavy atom. The fourth-order valence-corrected chi connectivity index (χ4v) is 8.56. The average molecular weight is 1050 g/mol. The number of carbonyl (C=O) groups excluding carboxylic acids is 1. The van der Waals surface area contributed by atoms with Gasteiger partial charge in [-0.05, 0) is 70.6 Å². The van der Waals surface area contributed by atoms with Gasteiger partial charge in [-0.25, -0.2) is 0 Å². The predicted octanol–water partition coefficient (Wildman–Crippen LogP) is 10.0. The predicted molar refractivity (Wildman–Crippen MR) is 293 cm³/mol. The molecular weight excluding hydrogens is 945 g/mol. The first-order valence-electron chi connectivity index (χ1n) is 28.7. The molecule has 2 heterocycles. The summed E-state index contributed by atoms with van der Waals surface area (Å²) in [6.07, 6.45) is 43.5. The van der Waals surface area contributed by atoms with Gasteiger partial charge in [0, 0.05) is 13.0 Å². The van der Waals surface area contributed by atoms with Gasteiger partial charge in [0.25, 0.3) is 0 Å². The van der Waals surface area contributed by atoms with Crippen LogP contribution in [0.25, 0.3) is 0 Å². The lowest BCUT2D eigenvalue weighted by Gasteiger charge is -2.42. The lowest BCUT2D eigenvalue weighted by molar-refractivity contribution is -0.332. The fraction of sp³-hybridized carbons (Fsp3) is 0.750. The second-order valence-electron chi connectivity index (χ2n) is 19.7. The summed E-state index contributed by atoms with van der Waals surface area (Å²) < 4.78 is 34.3. The van der Waals surface area contributed by atoms with Gasteiger partial charge in [0.2, 0.25) is 0 Å². The van der Waals surface area contributed by atoms with Gasteiger partial charge in [0.15, 0.2) is 12.6 Å². The molecule has 14 nitrogen and oxygen atoms in total. The van der Waals surface area contributed by atoms with Crippen LogP contribution in [0.15, 0.2) is 85.1 Å². The number of rotatable bonds is 45. The van der Waals surface area contributed by atoms with E-state index in [9.17, 15) is 40.5 Å². The molecular formula is C60H102O14. The Kier molecular flexibility index (Phi) is 42.1. The number of carbonyl (C=O) groups is 1. The highest BCUT2D eigenvalue weighted by atomic mass is 16.7. The standard InChI is InChI=1S/C60H102O14/c1-3-5-7-9-11-13-15-17-19-20-21-22-23-24-25-26-27-28-29-31-33-35-37-39-41-43-52(62)72-49(46-69-44-42-40-38-36-34-32-30-18-16-14-12-10-8-6-4-2)47-70-59-58(68)56(66)54(64)51(74-59)48-71-60-57(67)55(65)53(63)50(45-61)73-60/h5,7,11,13,17,19,21-22,24-25,27-28,31,33,49-51,53-61,63-68H,3-4,6,8-10,12,14-16,18,20,23,26,29-30,32,34-48H2,1-2H3/b7-5-,13-11-,19-17-,22-21-,25-24-,28-27-,33-31-. The van der Waals surface area contributed by atoms with Crippen LogP contribution in [0.3, 0.4) is 0 Å². The van der Waals surface area contributed by atoms with Gasteiger partial charge >= 0.3 is 5.97 Å². The van der Waals surface area contributed by atoms with Crippen LogP contribution in [0, 0.1) is 0 Å². The Balaban J connectivity index is 1.74. The highest BCUT2D eigenvalue weighted by Crippen LogP contribution is 2.26. The van der Waals surface area contributed by atoms with E-state index in [1.165, 1.54) is 77.0 Å². The van der Waals surface area contributed by atoms with E-state index in [0.29, 0.717) is 13.0 Å². The second-order valence-corrected chi connectivity index (χ2v) is 19.7. The zero-order valence-corrected chi connectivity index (χ0v) is 45.5. The molecule has 2 aliphatic heterocycles. The lowest BCUT2D eigenvalue weighted by Crippen LogP contribution is -2.61. The summed E-state index contributed by atoms with van der Waals surface area (Å²) in [5.74, 6) is -0.409. The number of hydrogen-bond acceptors (Lipinski definition) is 14. The molecule has 426 valence electrons. The van der Waals surface area contributed by atoms with E-state index in [-0.39, 0.29) is 19.6 Å². The van der Waals surface area contributed by atoms with Gasteiger partial charge in [-0.3, -0.25) is 4.79 Å². The maximum atomic E-state index is 13.1. The molecule has 2 saturated heterocycles. The first-order chi connectivity index (χ1) is 36.1. The van der Waals surface area contributed by atoms with E-state index < -0.39 is 86.7 Å². The van der Waals surface area contributed by atoms with Crippen LogP contribution in [0.4, 0.5) is 0 Å². The van der Waals surface area contributed by atoms with Gasteiger partial charge in [0.05, 0.1) is 26.4 Å². The normalized spacial score (nSPS) is 25.4. The van der Waals surface area contributed by atoms with Crippen molar-refractivity contribution in [2.24, 2.45) is 0 Å². The maximum absolute atomic E-state index is 13.1.